The number of thioether (sulfide) groups is 1. The maximum Gasteiger partial charge on any atom is 0.339 e. The van der Waals surface area contributed by atoms with Crippen molar-refractivity contribution in [2.24, 2.45) is 0 Å². The van der Waals surface area contributed by atoms with E-state index in [9.17, 15) is 4.79 Å². The van der Waals surface area contributed by atoms with Crippen LogP contribution in [0.25, 0.3) is 0 Å². The average molecular weight is 332 g/mol. The van der Waals surface area contributed by atoms with E-state index in [-0.39, 0.29) is 10.7 Å². The standard InChI is InChI=1S/C13H18BrNO2S/c1-13(2,3)18-7-6-17-12(16)10-8-9(15)4-5-11(10)14/h4-5,8H,6-7,15H2,1-3H3. The highest BCUT2D eigenvalue weighted by atomic mass is 79.9. The van der Waals surface area contributed by atoms with E-state index in [2.05, 4.69) is 36.7 Å². The zero-order valence-electron chi connectivity index (χ0n) is 10.8. The number of benzene rings is 1. The SMILES string of the molecule is CC(C)(C)SCCOC(=O)c1cc(N)ccc1Br. The summed E-state index contributed by atoms with van der Waals surface area (Å²) in [6, 6.07) is 5.09. The zero-order valence-corrected chi connectivity index (χ0v) is 13.2. The molecule has 0 saturated heterocycles. The molecule has 0 heterocycles. The van der Waals surface area contributed by atoms with Crippen LogP contribution in [0.1, 0.15) is 31.1 Å². The van der Waals surface area contributed by atoms with Gasteiger partial charge in [-0.3, -0.25) is 0 Å². The van der Waals surface area contributed by atoms with Crippen molar-refractivity contribution in [3.8, 4) is 0 Å². The molecule has 0 unspecified atom stereocenters. The molecule has 1 rings (SSSR count). The number of carbonyl (C=O) groups excluding carboxylic acids is 1. The lowest BCUT2D eigenvalue weighted by Crippen LogP contribution is -2.13. The van der Waals surface area contributed by atoms with E-state index in [1.165, 1.54) is 0 Å². The minimum Gasteiger partial charge on any atom is -0.461 e. The van der Waals surface area contributed by atoms with Gasteiger partial charge in [0, 0.05) is 20.7 Å². The highest BCUT2D eigenvalue weighted by molar-refractivity contribution is 9.10. The lowest BCUT2D eigenvalue weighted by Gasteiger charge is -2.17. The monoisotopic (exact) mass is 331 g/mol. The van der Waals surface area contributed by atoms with Gasteiger partial charge in [-0.2, -0.15) is 11.8 Å². The topological polar surface area (TPSA) is 52.3 Å². The average Bonchev–Trinajstić information content (AvgIpc) is 2.26. The molecule has 0 bridgehead atoms. The second-order valence-corrected chi connectivity index (χ2v) is 7.61. The number of anilines is 1. The molecule has 100 valence electrons. The molecule has 0 spiro atoms. The van der Waals surface area contributed by atoms with Crippen LogP contribution in [-0.4, -0.2) is 23.1 Å². The molecule has 0 radical (unpaired) electrons. The van der Waals surface area contributed by atoms with Gasteiger partial charge in [-0.05, 0) is 34.1 Å². The minimum atomic E-state index is -0.344. The molecule has 0 aromatic heterocycles. The van der Waals surface area contributed by atoms with E-state index in [4.69, 9.17) is 10.5 Å². The van der Waals surface area contributed by atoms with Gasteiger partial charge in [-0.25, -0.2) is 4.79 Å². The molecule has 1 aromatic carbocycles. The third-order valence-corrected chi connectivity index (χ3v) is 3.99. The fourth-order valence-electron chi connectivity index (χ4n) is 1.26. The van der Waals surface area contributed by atoms with Crippen molar-refractivity contribution < 1.29 is 9.53 Å². The summed E-state index contributed by atoms with van der Waals surface area (Å²) in [5.74, 6) is 0.443. The predicted octanol–water partition coefficient (Wildman–Crippen LogP) is 3.72. The molecule has 0 atom stereocenters. The number of halogens is 1. The van der Waals surface area contributed by atoms with E-state index in [1.807, 2.05) is 0 Å². The molecule has 2 N–H and O–H groups in total. The van der Waals surface area contributed by atoms with Crippen LogP contribution in [0.3, 0.4) is 0 Å². The van der Waals surface area contributed by atoms with Gasteiger partial charge < -0.3 is 10.5 Å². The summed E-state index contributed by atoms with van der Waals surface area (Å²) in [4.78, 5) is 11.8. The molecule has 0 aliphatic heterocycles. The number of esters is 1. The molecule has 0 aliphatic rings. The summed E-state index contributed by atoms with van der Waals surface area (Å²) in [7, 11) is 0. The van der Waals surface area contributed by atoms with Gasteiger partial charge in [0.15, 0.2) is 0 Å². The van der Waals surface area contributed by atoms with E-state index >= 15 is 0 Å². The Hall–Kier alpha value is -0.680. The van der Waals surface area contributed by atoms with Gasteiger partial charge in [-0.1, -0.05) is 20.8 Å². The second kappa shape index (κ2) is 6.48. The number of carbonyl (C=O) groups is 1. The van der Waals surface area contributed by atoms with E-state index in [0.717, 1.165) is 5.75 Å². The molecule has 0 amide bonds. The Morgan fingerprint density at radius 3 is 2.72 bits per heavy atom. The molecule has 5 heteroatoms. The Kier molecular flexibility index (Phi) is 5.53. The molecular formula is C13H18BrNO2S. The number of hydrogen-bond acceptors (Lipinski definition) is 4. The molecule has 0 saturated carbocycles. The highest BCUT2D eigenvalue weighted by Crippen LogP contribution is 2.23. The zero-order chi connectivity index (χ0) is 13.8. The summed E-state index contributed by atoms with van der Waals surface area (Å²) < 4.78 is 6.10. The third-order valence-electron chi connectivity index (χ3n) is 2.06. The van der Waals surface area contributed by atoms with Crippen LogP contribution in [0.15, 0.2) is 22.7 Å². The highest BCUT2D eigenvalue weighted by Gasteiger charge is 2.13. The van der Waals surface area contributed by atoms with Gasteiger partial charge >= 0.3 is 5.97 Å². The van der Waals surface area contributed by atoms with Gasteiger partial charge in [0.1, 0.15) is 6.61 Å². The Bertz CT molecular complexity index is 429. The first-order chi connectivity index (χ1) is 8.29. The van der Waals surface area contributed by atoms with Crippen molar-refractivity contribution in [1.82, 2.24) is 0 Å². The third kappa shape index (κ3) is 5.31. The number of hydrogen-bond donors (Lipinski definition) is 1. The van der Waals surface area contributed by atoms with Crippen LogP contribution >= 0.6 is 27.7 Å². The van der Waals surface area contributed by atoms with E-state index in [1.54, 1.807) is 30.0 Å². The van der Waals surface area contributed by atoms with Crippen molar-refractivity contribution >= 4 is 39.3 Å². The number of rotatable bonds is 4. The van der Waals surface area contributed by atoms with Crippen molar-refractivity contribution in [3.63, 3.8) is 0 Å². The van der Waals surface area contributed by atoms with Crippen molar-refractivity contribution in [2.75, 3.05) is 18.1 Å². The summed E-state index contributed by atoms with van der Waals surface area (Å²) >= 11 is 5.07. The Labute approximate surface area is 121 Å². The predicted molar refractivity (Wildman–Crippen MR) is 81.0 cm³/mol. The lowest BCUT2D eigenvalue weighted by atomic mass is 10.2. The fourth-order valence-corrected chi connectivity index (χ4v) is 2.45. The van der Waals surface area contributed by atoms with Crippen LogP contribution in [0.5, 0.6) is 0 Å². The second-order valence-electron chi connectivity index (χ2n) is 4.84. The van der Waals surface area contributed by atoms with Gasteiger partial charge in [0.2, 0.25) is 0 Å². The van der Waals surface area contributed by atoms with Crippen LogP contribution in [0.2, 0.25) is 0 Å². The molecule has 3 nitrogen and oxygen atoms in total. The number of nitrogen functional groups attached to an aromatic ring is 1. The molecule has 1 aromatic rings. The normalized spacial score (nSPS) is 11.3. The minimum absolute atomic E-state index is 0.185. The van der Waals surface area contributed by atoms with Crippen LogP contribution in [-0.2, 0) is 4.74 Å². The quantitative estimate of drug-likeness (QED) is 0.519. The first kappa shape index (κ1) is 15.4. The van der Waals surface area contributed by atoms with Crippen molar-refractivity contribution in [3.05, 3.63) is 28.2 Å². The van der Waals surface area contributed by atoms with Crippen LogP contribution in [0, 0.1) is 0 Å². The maximum absolute atomic E-state index is 11.8. The van der Waals surface area contributed by atoms with Gasteiger partial charge in [0.25, 0.3) is 0 Å². The number of nitrogens with two attached hydrogens (primary N) is 1. The van der Waals surface area contributed by atoms with E-state index < -0.39 is 0 Å². The molecular weight excluding hydrogens is 314 g/mol. The Morgan fingerprint density at radius 1 is 1.44 bits per heavy atom. The largest absolute Gasteiger partial charge is 0.461 e. The van der Waals surface area contributed by atoms with Crippen molar-refractivity contribution in [1.29, 1.82) is 0 Å². The Morgan fingerprint density at radius 2 is 2.11 bits per heavy atom. The first-order valence-corrected chi connectivity index (χ1v) is 7.43. The first-order valence-electron chi connectivity index (χ1n) is 5.66. The number of ether oxygens (including phenoxy) is 1. The summed E-state index contributed by atoms with van der Waals surface area (Å²) in [5, 5.41) is 0. The smallest absolute Gasteiger partial charge is 0.339 e. The van der Waals surface area contributed by atoms with Crippen LogP contribution < -0.4 is 5.73 Å². The summed E-state index contributed by atoms with van der Waals surface area (Å²) in [6.45, 7) is 6.80. The molecule has 18 heavy (non-hydrogen) atoms. The fraction of sp³-hybridized carbons (Fsp3) is 0.462. The molecule has 0 fully saturated rings. The maximum atomic E-state index is 11.8. The van der Waals surface area contributed by atoms with Crippen LogP contribution in [0.4, 0.5) is 5.69 Å². The van der Waals surface area contributed by atoms with Crippen molar-refractivity contribution in [2.45, 2.75) is 25.5 Å². The van der Waals surface area contributed by atoms with Gasteiger partial charge in [0.05, 0.1) is 5.56 Å². The van der Waals surface area contributed by atoms with E-state index in [0.29, 0.717) is 22.3 Å². The summed E-state index contributed by atoms with van der Waals surface area (Å²) in [6.07, 6.45) is 0. The Balaban J connectivity index is 2.48. The summed E-state index contributed by atoms with van der Waals surface area (Å²) in [5.41, 5.74) is 6.66. The van der Waals surface area contributed by atoms with Gasteiger partial charge in [-0.15, -0.1) is 0 Å². The molecule has 0 aliphatic carbocycles. The lowest BCUT2D eigenvalue weighted by molar-refractivity contribution is 0.0529.